The molecule has 3 aromatic rings. The molecule has 1 N–H and O–H groups in total. The van der Waals surface area contributed by atoms with Crippen molar-refractivity contribution in [2.45, 2.75) is 17.3 Å². The number of nitrogens with zero attached hydrogens (tertiary/aromatic N) is 3. The van der Waals surface area contributed by atoms with Crippen LogP contribution in [0.1, 0.15) is 6.92 Å². The van der Waals surface area contributed by atoms with E-state index in [2.05, 4.69) is 15.5 Å². The maximum Gasteiger partial charge on any atom is 0.237 e. The maximum atomic E-state index is 13.2. The Morgan fingerprint density at radius 2 is 1.96 bits per heavy atom. The summed E-state index contributed by atoms with van der Waals surface area (Å²) < 4.78 is 15.0. The predicted octanol–water partition coefficient (Wildman–Crippen LogP) is 4.39. The van der Waals surface area contributed by atoms with E-state index < -0.39 is 11.1 Å². The molecule has 0 fully saturated rings. The zero-order chi connectivity index (χ0) is 18.7. The highest BCUT2D eigenvalue weighted by atomic mass is 35.5. The molecule has 3 rings (SSSR count). The van der Waals surface area contributed by atoms with E-state index in [-0.39, 0.29) is 10.9 Å². The number of nitrogens with one attached hydrogen (secondary N) is 1. The van der Waals surface area contributed by atoms with Crippen LogP contribution in [-0.4, -0.2) is 25.9 Å². The maximum absolute atomic E-state index is 13.2. The molecule has 0 spiro atoms. The second-order valence-electron chi connectivity index (χ2n) is 5.61. The summed E-state index contributed by atoms with van der Waals surface area (Å²) >= 11 is 7.03. The number of rotatable bonds is 5. The summed E-state index contributed by atoms with van der Waals surface area (Å²) in [6, 6.07) is 13.8. The topological polar surface area (TPSA) is 59.8 Å². The van der Waals surface area contributed by atoms with Gasteiger partial charge in [0, 0.05) is 18.3 Å². The Morgan fingerprint density at radius 1 is 1.23 bits per heavy atom. The first-order chi connectivity index (χ1) is 12.5. The zero-order valence-corrected chi connectivity index (χ0v) is 15.7. The van der Waals surface area contributed by atoms with E-state index in [1.165, 1.54) is 30.0 Å². The molecule has 1 heterocycles. The van der Waals surface area contributed by atoms with Gasteiger partial charge in [-0.25, -0.2) is 4.39 Å². The average molecular weight is 391 g/mol. The minimum absolute atomic E-state index is 0.0380. The lowest BCUT2D eigenvalue weighted by Gasteiger charge is -2.12. The monoisotopic (exact) mass is 390 g/mol. The smallest absolute Gasteiger partial charge is 0.237 e. The Morgan fingerprint density at radius 3 is 2.65 bits per heavy atom. The molecule has 2 aromatic carbocycles. The summed E-state index contributed by atoms with van der Waals surface area (Å²) in [6.07, 6.45) is 0. The molecule has 0 aliphatic carbocycles. The first-order valence-corrected chi connectivity index (χ1v) is 9.09. The molecule has 1 aromatic heterocycles. The summed E-state index contributed by atoms with van der Waals surface area (Å²) in [5.74, 6) is -0.0347. The second-order valence-corrected chi connectivity index (χ2v) is 7.32. The quantitative estimate of drug-likeness (QED) is 0.656. The Kier molecular flexibility index (Phi) is 5.58. The molecule has 0 bridgehead atoms. The first-order valence-electron chi connectivity index (χ1n) is 7.83. The number of benzene rings is 2. The Labute approximate surface area is 159 Å². The van der Waals surface area contributed by atoms with Crippen molar-refractivity contribution in [2.24, 2.45) is 7.05 Å². The fraction of sp³-hybridized carbons (Fsp3) is 0.167. The van der Waals surface area contributed by atoms with Gasteiger partial charge in [-0.2, -0.15) is 0 Å². The van der Waals surface area contributed by atoms with Gasteiger partial charge in [0.2, 0.25) is 5.91 Å². The van der Waals surface area contributed by atoms with Gasteiger partial charge in [0.15, 0.2) is 11.0 Å². The molecule has 0 aliphatic heterocycles. The van der Waals surface area contributed by atoms with Crippen LogP contribution in [0, 0.1) is 5.82 Å². The molecule has 134 valence electrons. The Hall–Kier alpha value is -2.38. The molecule has 0 unspecified atom stereocenters. The van der Waals surface area contributed by atoms with E-state index in [1.54, 1.807) is 6.92 Å². The summed E-state index contributed by atoms with van der Waals surface area (Å²) in [7, 11) is 1.86. The van der Waals surface area contributed by atoms with Crippen LogP contribution >= 0.6 is 23.4 Å². The summed E-state index contributed by atoms with van der Waals surface area (Å²) in [4.78, 5) is 12.4. The van der Waals surface area contributed by atoms with Crippen molar-refractivity contribution in [1.29, 1.82) is 0 Å². The molecule has 0 saturated heterocycles. The largest absolute Gasteiger partial charge is 0.325 e. The average Bonchev–Trinajstić information content (AvgIpc) is 2.99. The highest BCUT2D eigenvalue weighted by molar-refractivity contribution is 8.00. The van der Waals surface area contributed by atoms with Crippen molar-refractivity contribution < 1.29 is 9.18 Å². The number of anilines is 1. The summed E-state index contributed by atoms with van der Waals surface area (Å²) in [5.41, 5.74) is 1.39. The van der Waals surface area contributed by atoms with Gasteiger partial charge in [0.25, 0.3) is 0 Å². The summed E-state index contributed by atoms with van der Waals surface area (Å²) in [5, 5.41) is 11.3. The Bertz CT molecular complexity index is 932. The number of hydrogen-bond acceptors (Lipinski definition) is 4. The van der Waals surface area contributed by atoms with Gasteiger partial charge in [0.05, 0.1) is 10.3 Å². The van der Waals surface area contributed by atoms with Crippen LogP contribution in [0.25, 0.3) is 11.4 Å². The normalized spacial score (nSPS) is 12.0. The van der Waals surface area contributed by atoms with Crippen molar-refractivity contribution >= 4 is 35.0 Å². The first kappa shape index (κ1) is 18.4. The fourth-order valence-corrected chi connectivity index (χ4v) is 3.28. The lowest BCUT2D eigenvalue weighted by molar-refractivity contribution is -0.115. The van der Waals surface area contributed by atoms with Crippen molar-refractivity contribution in [3.8, 4) is 11.4 Å². The molecule has 1 amide bonds. The van der Waals surface area contributed by atoms with Crippen LogP contribution in [-0.2, 0) is 11.8 Å². The highest BCUT2D eigenvalue weighted by Gasteiger charge is 2.19. The van der Waals surface area contributed by atoms with E-state index in [1.807, 2.05) is 41.9 Å². The van der Waals surface area contributed by atoms with Crippen LogP contribution in [0.4, 0.5) is 10.1 Å². The zero-order valence-electron chi connectivity index (χ0n) is 14.1. The third kappa shape index (κ3) is 4.05. The van der Waals surface area contributed by atoms with Gasteiger partial charge in [-0.1, -0.05) is 53.7 Å². The molecule has 0 aliphatic rings. The van der Waals surface area contributed by atoms with E-state index in [9.17, 15) is 9.18 Å². The van der Waals surface area contributed by atoms with Crippen molar-refractivity contribution in [2.75, 3.05) is 5.32 Å². The second kappa shape index (κ2) is 7.88. The van der Waals surface area contributed by atoms with Gasteiger partial charge in [0.1, 0.15) is 5.82 Å². The van der Waals surface area contributed by atoms with Crippen LogP contribution in [0.15, 0.2) is 53.7 Å². The van der Waals surface area contributed by atoms with Crippen LogP contribution in [0.3, 0.4) is 0 Å². The van der Waals surface area contributed by atoms with Crippen molar-refractivity contribution in [3.05, 3.63) is 59.4 Å². The van der Waals surface area contributed by atoms with Crippen molar-refractivity contribution in [3.63, 3.8) is 0 Å². The van der Waals surface area contributed by atoms with Crippen LogP contribution in [0.2, 0.25) is 5.02 Å². The number of hydrogen-bond donors (Lipinski definition) is 1. The molecular weight excluding hydrogens is 375 g/mol. The SMILES string of the molecule is C[C@H](Sc1nnc(-c2ccccc2)n1C)C(=O)Nc1ccc(F)c(Cl)c1. The van der Waals surface area contributed by atoms with Crippen LogP contribution < -0.4 is 5.32 Å². The van der Waals surface area contributed by atoms with Gasteiger partial charge in [-0.05, 0) is 25.1 Å². The molecule has 0 radical (unpaired) electrons. The predicted molar refractivity (Wildman–Crippen MR) is 102 cm³/mol. The third-order valence-corrected chi connectivity index (χ3v) is 5.13. The summed E-state index contributed by atoms with van der Waals surface area (Å²) in [6.45, 7) is 1.77. The standard InChI is InChI=1S/C18H16ClFN4OS/c1-11(17(25)21-13-8-9-15(20)14(19)10-13)26-18-23-22-16(24(18)2)12-6-4-3-5-7-12/h3-11H,1-2H3,(H,21,25)/t11-/m0/s1. The highest BCUT2D eigenvalue weighted by Crippen LogP contribution is 2.26. The van der Waals surface area contributed by atoms with Crippen LogP contribution in [0.5, 0.6) is 0 Å². The van der Waals surface area contributed by atoms with E-state index in [0.717, 1.165) is 11.4 Å². The van der Waals surface area contributed by atoms with Crippen molar-refractivity contribution in [1.82, 2.24) is 14.8 Å². The minimum atomic E-state index is -0.528. The lowest BCUT2D eigenvalue weighted by atomic mass is 10.2. The molecular formula is C18H16ClFN4OS. The molecule has 0 saturated carbocycles. The van der Waals surface area contributed by atoms with E-state index >= 15 is 0 Å². The number of aromatic nitrogens is 3. The Balaban J connectivity index is 1.69. The fourth-order valence-electron chi connectivity index (χ4n) is 2.29. The number of amides is 1. The molecule has 1 atom stereocenters. The number of carbonyl (C=O) groups is 1. The number of halogens is 2. The molecule has 26 heavy (non-hydrogen) atoms. The lowest BCUT2D eigenvalue weighted by Crippen LogP contribution is -2.22. The third-order valence-electron chi connectivity index (χ3n) is 3.71. The van der Waals surface area contributed by atoms with E-state index in [4.69, 9.17) is 11.6 Å². The molecule has 5 nitrogen and oxygen atoms in total. The molecule has 8 heteroatoms. The van der Waals surface area contributed by atoms with Gasteiger partial charge in [-0.3, -0.25) is 4.79 Å². The van der Waals surface area contributed by atoms with E-state index in [0.29, 0.717) is 10.8 Å². The van der Waals surface area contributed by atoms with Gasteiger partial charge >= 0.3 is 0 Å². The number of carbonyl (C=O) groups excluding carboxylic acids is 1. The number of thioether (sulfide) groups is 1. The minimum Gasteiger partial charge on any atom is -0.325 e. The van der Waals surface area contributed by atoms with Gasteiger partial charge < -0.3 is 9.88 Å². The van der Waals surface area contributed by atoms with Gasteiger partial charge in [-0.15, -0.1) is 10.2 Å².